The van der Waals surface area contributed by atoms with E-state index in [-0.39, 0.29) is 11.9 Å². The third-order valence-corrected chi connectivity index (χ3v) is 3.90. The second-order valence-corrected chi connectivity index (χ2v) is 5.26. The number of nitrogens with two attached hydrogens (primary N) is 1. The lowest BCUT2D eigenvalue weighted by molar-refractivity contribution is -0.125. The minimum atomic E-state index is -0.551. The first-order valence-electron chi connectivity index (χ1n) is 6.16. The number of rotatable bonds is 4. The lowest BCUT2D eigenvalue weighted by Crippen LogP contribution is -2.27. The summed E-state index contributed by atoms with van der Waals surface area (Å²) < 4.78 is 2.11. The standard InChI is InChI=1S/C12H16BrN5O2/c1-3-8(19)17-5-4-7(6-17)18-12(15-2)9(11(14)20)10(13)16-18/h3,7,15H,1,4-6H2,2H3,(H2,14,20). The molecule has 108 valence electrons. The van der Waals surface area contributed by atoms with Crippen LogP contribution in [0.2, 0.25) is 0 Å². The van der Waals surface area contributed by atoms with Crippen LogP contribution < -0.4 is 11.1 Å². The molecule has 0 aromatic carbocycles. The molecule has 1 aromatic heterocycles. The van der Waals surface area contributed by atoms with E-state index in [4.69, 9.17) is 5.73 Å². The fraction of sp³-hybridized carbons (Fsp3) is 0.417. The molecule has 8 heteroatoms. The van der Waals surface area contributed by atoms with E-state index in [1.165, 1.54) is 6.08 Å². The van der Waals surface area contributed by atoms with Crippen molar-refractivity contribution in [3.05, 3.63) is 22.8 Å². The van der Waals surface area contributed by atoms with Crippen molar-refractivity contribution in [1.82, 2.24) is 14.7 Å². The van der Waals surface area contributed by atoms with Crippen LogP contribution in [0.5, 0.6) is 0 Å². The monoisotopic (exact) mass is 341 g/mol. The SMILES string of the molecule is C=CC(=O)N1CCC(n2nc(Br)c(C(N)=O)c2NC)C1. The van der Waals surface area contributed by atoms with Gasteiger partial charge < -0.3 is 16.0 Å². The maximum atomic E-state index is 11.6. The number of primary amides is 1. The third-order valence-electron chi connectivity index (χ3n) is 3.35. The van der Waals surface area contributed by atoms with E-state index in [9.17, 15) is 9.59 Å². The zero-order valence-electron chi connectivity index (χ0n) is 11.1. The van der Waals surface area contributed by atoms with Gasteiger partial charge >= 0.3 is 0 Å². The number of hydrogen-bond acceptors (Lipinski definition) is 4. The fourth-order valence-electron chi connectivity index (χ4n) is 2.40. The van der Waals surface area contributed by atoms with Crippen molar-refractivity contribution in [2.45, 2.75) is 12.5 Å². The van der Waals surface area contributed by atoms with Gasteiger partial charge in [-0.05, 0) is 28.4 Å². The minimum absolute atomic E-state index is 0.00532. The van der Waals surface area contributed by atoms with E-state index in [0.717, 1.165) is 6.42 Å². The Balaban J connectivity index is 2.31. The molecule has 2 heterocycles. The van der Waals surface area contributed by atoms with E-state index < -0.39 is 5.91 Å². The van der Waals surface area contributed by atoms with Gasteiger partial charge in [0.15, 0.2) is 0 Å². The fourth-order valence-corrected chi connectivity index (χ4v) is 2.95. The molecule has 1 unspecified atom stereocenters. The number of amides is 2. The van der Waals surface area contributed by atoms with Gasteiger partial charge in [0.2, 0.25) is 5.91 Å². The predicted octanol–water partition coefficient (Wildman–Crippen LogP) is 0.746. The van der Waals surface area contributed by atoms with Crippen molar-refractivity contribution >= 4 is 33.6 Å². The highest BCUT2D eigenvalue weighted by Crippen LogP contribution is 2.31. The van der Waals surface area contributed by atoms with Crippen LogP contribution in [-0.2, 0) is 4.79 Å². The number of carbonyl (C=O) groups is 2. The first kappa shape index (κ1) is 14.6. The lowest BCUT2D eigenvalue weighted by Gasteiger charge is -2.16. The minimum Gasteiger partial charge on any atom is -0.373 e. The maximum Gasteiger partial charge on any atom is 0.255 e. The van der Waals surface area contributed by atoms with Crippen LogP contribution in [0.25, 0.3) is 0 Å². The predicted molar refractivity (Wildman–Crippen MR) is 78.4 cm³/mol. The van der Waals surface area contributed by atoms with E-state index in [0.29, 0.717) is 29.1 Å². The van der Waals surface area contributed by atoms with Gasteiger partial charge in [-0.15, -0.1) is 0 Å². The summed E-state index contributed by atoms with van der Waals surface area (Å²) in [6, 6.07) is 0.00532. The molecule has 0 radical (unpaired) electrons. The van der Waals surface area contributed by atoms with E-state index >= 15 is 0 Å². The van der Waals surface area contributed by atoms with Gasteiger partial charge in [-0.1, -0.05) is 6.58 Å². The van der Waals surface area contributed by atoms with Crippen LogP contribution in [0, 0.1) is 0 Å². The molecule has 0 aliphatic carbocycles. The van der Waals surface area contributed by atoms with E-state index in [1.807, 2.05) is 0 Å². The Morgan fingerprint density at radius 1 is 1.60 bits per heavy atom. The number of anilines is 1. The van der Waals surface area contributed by atoms with Crippen LogP contribution in [0.4, 0.5) is 5.82 Å². The van der Waals surface area contributed by atoms with Crippen LogP contribution in [0.1, 0.15) is 22.8 Å². The zero-order chi connectivity index (χ0) is 14.9. The molecule has 1 aliphatic rings. The Morgan fingerprint density at radius 2 is 2.30 bits per heavy atom. The second-order valence-electron chi connectivity index (χ2n) is 4.50. The molecule has 1 atom stereocenters. The average molecular weight is 342 g/mol. The third kappa shape index (κ3) is 2.43. The molecule has 0 saturated carbocycles. The highest BCUT2D eigenvalue weighted by molar-refractivity contribution is 9.10. The Kier molecular flexibility index (Phi) is 4.12. The zero-order valence-corrected chi connectivity index (χ0v) is 12.7. The number of carbonyl (C=O) groups excluding carboxylic acids is 2. The summed E-state index contributed by atoms with van der Waals surface area (Å²) >= 11 is 3.24. The molecular formula is C12H16BrN5O2. The van der Waals surface area contributed by atoms with Crippen molar-refractivity contribution < 1.29 is 9.59 Å². The highest BCUT2D eigenvalue weighted by Gasteiger charge is 2.31. The van der Waals surface area contributed by atoms with Crippen molar-refractivity contribution in [2.75, 3.05) is 25.5 Å². The van der Waals surface area contributed by atoms with Crippen molar-refractivity contribution in [1.29, 1.82) is 0 Å². The summed E-state index contributed by atoms with van der Waals surface area (Å²) in [5.74, 6) is -0.0911. The van der Waals surface area contributed by atoms with E-state index in [2.05, 4.69) is 32.9 Å². The number of likely N-dealkylation sites (tertiary alicyclic amines) is 1. The van der Waals surface area contributed by atoms with Crippen molar-refractivity contribution in [3.63, 3.8) is 0 Å². The molecule has 1 aliphatic heterocycles. The first-order valence-corrected chi connectivity index (χ1v) is 6.95. The summed E-state index contributed by atoms with van der Waals surface area (Å²) in [5.41, 5.74) is 5.68. The summed E-state index contributed by atoms with van der Waals surface area (Å²) in [6.07, 6.45) is 2.07. The summed E-state index contributed by atoms with van der Waals surface area (Å²) in [5, 5.41) is 7.26. The molecule has 1 aromatic rings. The van der Waals surface area contributed by atoms with Crippen LogP contribution >= 0.6 is 15.9 Å². The first-order chi connectivity index (χ1) is 9.49. The van der Waals surface area contributed by atoms with Gasteiger partial charge in [0.05, 0.1) is 6.04 Å². The average Bonchev–Trinajstić information content (AvgIpc) is 3.01. The topological polar surface area (TPSA) is 93.2 Å². The van der Waals surface area contributed by atoms with Gasteiger partial charge in [-0.2, -0.15) is 5.10 Å². The molecule has 1 fully saturated rings. The smallest absolute Gasteiger partial charge is 0.255 e. The molecule has 3 N–H and O–H groups in total. The van der Waals surface area contributed by atoms with Gasteiger partial charge in [-0.25, -0.2) is 4.68 Å². The number of nitrogens with zero attached hydrogens (tertiary/aromatic N) is 3. The molecule has 2 rings (SSSR count). The number of halogens is 1. The molecule has 1 saturated heterocycles. The highest BCUT2D eigenvalue weighted by atomic mass is 79.9. The number of aromatic nitrogens is 2. The second kappa shape index (κ2) is 5.66. The molecular weight excluding hydrogens is 326 g/mol. The van der Waals surface area contributed by atoms with Crippen molar-refractivity contribution in [3.8, 4) is 0 Å². The Bertz CT molecular complexity index is 568. The molecule has 2 amide bonds. The number of nitrogens with one attached hydrogen (secondary N) is 1. The van der Waals surface area contributed by atoms with Gasteiger partial charge in [-0.3, -0.25) is 9.59 Å². The molecule has 7 nitrogen and oxygen atoms in total. The lowest BCUT2D eigenvalue weighted by atomic mass is 10.2. The number of hydrogen-bond donors (Lipinski definition) is 2. The van der Waals surface area contributed by atoms with Crippen LogP contribution in [0.15, 0.2) is 17.3 Å². The summed E-state index contributed by atoms with van der Waals surface area (Å²) in [6.45, 7) is 4.66. The van der Waals surface area contributed by atoms with Gasteiger partial charge in [0.25, 0.3) is 5.91 Å². The van der Waals surface area contributed by atoms with E-state index in [1.54, 1.807) is 16.6 Å². The Hall–Kier alpha value is -1.83. The quantitative estimate of drug-likeness (QED) is 0.790. The summed E-state index contributed by atoms with van der Waals surface area (Å²) in [7, 11) is 1.70. The van der Waals surface area contributed by atoms with Crippen molar-refractivity contribution in [2.24, 2.45) is 5.73 Å². The van der Waals surface area contributed by atoms with Crippen LogP contribution in [-0.4, -0.2) is 46.6 Å². The maximum absolute atomic E-state index is 11.6. The molecule has 0 spiro atoms. The Morgan fingerprint density at radius 3 is 2.85 bits per heavy atom. The molecule has 0 bridgehead atoms. The largest absolute Gasteiger partial charge is 0.373 e. The normalized spacial score (nSPS) is 18.1. The van der Waals surface area contributed by atoms with Gasteiger partial charge in [0, 0.05) is 20.1 Å². The van der Waals surface area contributed by atoms with Gasteiger partial charge in [0.1, 0.15) is 16.0 Å². The Labute approximate surface area is 124 Å². The summed E-state index contributed by atoms with van der Waals surface area (Å²) in [4.78, 5) is 24.8. The van der Waals surface area contributed by atoms with Crippen LogP contribution in [0.3, 0.4) is 0 Å². The molecule has 20 heavy (non-hydrogen) atoms.